The summed E-state index contributed by atoms with van der Waals surface area (Å²) in [6.45, 7) is 8.62. The Morgan fingerprint density at radius 2 is 1.71 bits per heavy atom. The Labute approximate surface area is 107 Å². The van der Waals surface area contributed by atoms with Gasteiger partial charge in [-0.15, -0.1) is 0 Å². The van der Waals surface area contributed by atoms with Crippen LogP contribution in [0.4, 0.5) is 0 Å². The number of rotatable bonds is 6. The Balaban J connectivity index is 1.43. The monoisotopic (exact) mass is 239 g/mol. The van der Waals surface area contributed by atoms with Crippen molar-refractivity contribution in [2.24, 2.45) is 5.92 Å². The van der Waals surface area contributed by atoms with E-state index in [2.05, 4.69) is 22.2 Å². The molecule has 0 aromatic rings. The van der Waals surface area contributed by atoms with Crippen molar-refractivity contribution in [3.8, 4) is 0 Å². The van der Waals surface area contributed by atoms with Crippen molar-refractivity contribution in [2.45, 2.75) is 32.1 Å². The van der Waals surface area contributed by atoms with Crippen LogP contribution in [0.25, 0.3) is 0 Å². The van der Waals surface area contributed by atoms with Crippen LogP contribution in [-0.4, -0.2) is 62.7 Å². The second kappa shape index (κ2) is 7.34. The number of hydrogen-bond acceptors (Lipinski definition) is 3. The summed E-state index contributed by atoms with van der Waals surface area (Å²) in [6, 6.07) is 0. The van der Waals surface area contributed by atoms with Gasteiger partial charge in [0.2, 0.25) is 0 Å². The predicted molar refractivity (Wildman–Crippen MR) is 73.4 cm³/mol. The van der Waals surface area contributed by atoms with Gasteiger partial charge in [-0.2, -0.15) is 0 Å². The molecule has 1 saturated carbocycles. The van der Waals surface area contributed by atoms with Gasteiger partial charge in [-0.25, -0.2) is 0 Å². The molecule has 0 unspecified atom stereocenters. The lowest BCUT2D eigenvalue weighted by Gasteiger charge is -2.32. The van der Waals surface area contributed by atoms with Crippen molar-refractivity contribution in [3.63, 3.8) is 0 Å². The van der Waals surface area contributed by atoms with Gasteiger partial charge in [0.25, 0.3) is 0 Å². The minimum Gasteiger partial charge on any atom is -0.315 e. The minimum atomic E-state index is 1.03. The van der Waals surface area contributed by atoms with E-state index in [9.17, 15) is 0 Å². The lowest BCUT2D eigenvalue weighted by atomic mass is 10.0. The van der Waals surface area contributed by atoms with Crippen LogP contribution in [0.3, 0.4) is 0 Å². The molecule has 1 aliphatic heterocycles. The molecule has 3 heteroatoms. The average Bonchev–Trinajstić information content (AvgIpc) is 2.84. The Kier molecular flexibility index (Phi) is 5.75. The smallest absolute Gasteiger partial charge is 0.0110 e. The largest absolute Gasteiger partial charge is 0.315 e. The molecule has 1 N–H and O–H groups in total. The van der Waals surface area contributed by atoms with Crippen LogP contribution in [-0.2, 0) is 0 Å². The molecule has 2 rings (SSSR count). The summed E-state index contributed by atoms with van der Waals surface area (Å²) < 4.78 is 0. The Bertz CT molecular complexity index is 194. The van der Waals surface area contributed by atoms with Crippen LogP contribution in [0.1, 0.15) is 32.1 Å². The highest BCUT2D eigenvalue weighted by atomic mass is 15.2. The zero-order valence-corrected chi connectivity index (χ0v) is 11.5. The molecular weight excluding hydrogens is 210 g/mol. The Morgan fingerprint density at radius 1 is 1.00 bits per heavy atom. The van der Waals surface area contributed by atoms with Gasteiger partial charge in [-0.3, -0.25) is 4.90 Å². The maximum Gasteiger partial charge on any atom is 0.0110 e. The molecule has 0 atom stereocenters. The number of likely N-dealkylation sites (N-methyl/N-ethyl adjacent to an activating group) is 1. The highest BCUT2D eigenvalue weighted by molar-refractivity contribution is 4.71. The SMILES string of the molecule is CN1CCN(CCNCCC2CCCC2)CC1. The second-order valence-electron chi connectivity index (χ2n) is 5.83. The van der Waals surface area contributed by atoms with Crippen molar-refractivity contribution in [3.05, 3.63) is 0 Å². The average molecular weight is 239 g/mol. The first-order valence-corrected chi connectivity index (χ1v) is 7.46. The third kappa shape index (κ3) is 4.94. The van der Waals surface area contributed by atoms with Gasteiger partial charge < -0.3 is 10.2 Å². The highest BCUT2D eigenvalue weighted by Crippen LogP contribution is 2.26. The normalized spacial score (nSPS) is 24.5. The highest BCUT2D eigenvalue weighted by Gasteiger charge is 2.14. The zero-order valence-electron chi connectivity index (χ0n) is 11.5. The Hall–Kier alpha value is -0.120. The van der Waals surface area contributed by atoms with Crippen molar-refractivity contribution >= 4 is 0 Å². The maximum absolute atomic E-state index is 3.62. The van der Waals surface area contributed by atoms with Gasteiger partial charge in [-0.05, 0) is 25.9 Å². The molecule has 1 heterocycles. The van der Waals surface area contributed by atoms with Gasteiger partial charge in [0, 0.05) is 39.3 Å². The quantitative estimate of drug-likeness (QED) is 0.707. The molecule has 3 nitrogen and oxygen atoms in total. The maximum atomic E-state index is 3.62. The van der Waals surface area contributed by atoms with Crippen molar-refractivity contribution < 1.29 is 0 Å². The summed E-state index contributed by atoms with van der Waals surface area (Å²) in [6.07, 6.45) is 7.33. The van der Waals surface area contributed by atoms with Crippen LogP contribution in [0.2, 0.25) is 0 Å². The predicted octanol–water partition coefficient (Wildman–Crippen LogP) is 1.40. The molecular formula is C14H29N3. The first kappa shape index (κ1) is 13.3. The fourth-order valence-corrected chi connectivity index (χ4v) is 3.04. The van der Waals surface area contributed by atoms with Crippen LogP contribution in [0.5, 0.6) is 0 Å². The lowest BCUT2D eigenvalue weighted by Crippen LogP contribution is -2.46. The van der Waals surface area contributed by atoms with E-state index in [0.717, 1.165) is 5.92 Å². The summed E-state index contributed by atoms with van der Waals surface area (Å²) in [5.74, 6) is 1.03. The fraction of sp³-hybridized carbons (Fsp3) is 1.00. The van der Waals surface area contributed by atoms with Gasteiger partial charge in [0.1, 0.15) is 0 Å². The van der Waals surface area contributed by atoms with Crippen molar-refractivity contribution in [1.82, 2.24) is 15.1 Å². The molecule has 1 aliphatic carbocycles. The fourth-order valence-electron chi connectivity index (χ4n) is 3.04. The lowest BCUT2D eigenvalue weighted by molar-refractivity contribution is 0.154. The van der Waals surface area contributed by atoms with Crippen LogP contribution in [0, 0.1) is 5.92 Å². The van der Waals surface area contributed by atoms with E-state index < -0.39 is 0 Å². The van der Waals surface area contributed by atoms with Gasteiger partial charge in [-0.1, -0.05) is 25.7 Å². The molecule has 2 aliphatic rings. The van der Waals surface area contributed by atoms with Gasteiger partial charge in [0.15, 0.2) is 0 Å². The molecule has 0 spiro atoms. The molecule has 0 radical (unpaired) electrons. The molecule has 17 heavy (non-hydrogen) atoms. The van der Waals surface area contributed by atoms with Gasteiger partial charge in [0.05, 0.1) is 0 Å². The van der Waals surface area contributed by atoms with E-state index in [1.165, 1.54) is 77.9 Å². The van der Waals surface area contributed by atoms with Gasteiger partial charge >= 0.3 is 0 Å². The number of piperazine rings is 1. The minimum absolute atomic E-state index is 1.03. The zero-order chi connectivity index (χ0) is 11.9. The molecule has 2 fully saturated rings. The molecule has 0 bridgehead atoms. The number of nitrogens with one attached hydrogen (secondary N) is 1. The molecule has 0 amide bonds. The van der Waals surface area contributed by atoms with Crippen LogP contribution < -0.4 is 5.32 Å². The number of nitrogens with zero attached hydrogens (tertiary/aromatic N) is 2. The number of hydrogen-bond donors (Lipinski definition) is 1. The van der Waals surface area contributed by atoms with E-state index >= 15 is 0 Å². The molecule has 100 valence electrons. The summed E-state index contributed by atoms with van der Waals surface area (Å²) in [5, 5.41) is 3.62. The summed E-state index contributed by atoms with van der Waals surface area (Å²) in [5.41, 5.74) is 0. The summed E-state index contributed by atoms with van der Waals surface area (Å²) >= 11 is 0. The molecule has 1 saturated heterocycles. The van der Waals surface area contributed by atoms with E-state index in [4.69, 9.17) is 0 Å². The molecule has 0 aromatic heterocycles. The first-order valence-electron chi connectivity index (χ1n) is 7.46. The van der Waals surface area contributed by atoms with E-state index in [0.29, 0.717) is 0 Å². The van der Waals surface area contributed by atoms with Crippen LogP contribution >= 0.6 is 0 Å². The third-order valence-electron chi connectivity index (χ3n) is 4.40. The van der Waals surface area contributed by atoms with E-state index in [1.54, 1.807) is 0 Å². The van der Waals surface area contributed by atoms with Crippen molar-refractivity contribution in [1.29, 1.82) is 0 Å². The standard InChI is InChI=1S/C14H29N3/c1-16-10-12-17(13-11-16)9-8-15-7-6-14-4-2-3-5-14/h14-15H,2-13H2,1H3. The first-order chi connectivity index (χ1) is 8.34. The second-order valence-corrected chi connectivity index (χ2v) is 5.83. The molecule has 0 aromatic carbocycles. The van der Waals surface area contributed by atoms with E-state index in [-0.39, 0.29) is 0 Å². The summed E-state index contributed by atoms with van der Waals surface area (Å²) in [7, 11) is 2.22. The van der Waals surface area contributed by atoms with Crippen molar-refractivity contribution in [2.75, 3.05) is 52.9 Å². The Morgan fingerprint density at radius 3 is 2.41 bits per heavy atom. The van der Waals surface area contributed by atoms with Crippen LogP contribution in [0.15, 0.2) is 0 Å². The summed E-state index contributed by atoms with van der Waals surface area (Å²) in [4.78, 5) is 5.01. The van der Waals surface area contributed by atoms with E-state index in [1.807, 2.05) is 0 Å². The topological polar surface area (TPSA) is 18.5 Å². The third-order valence-corrected chi connectivity index (χ3v) is 4.40.